The Kier molecular flexibility index (Phi) is 5.20. The number of rotatable bonds is 5. The van der Waals surface area contributed by atoms with Gasteiger partial charge in [0.2, 0.25) is 0 Å². The van der Waals surface area contributed by atoms with E-state index in [1.807, 2.05) is 19.1 Å². The van der Waals surface area contributed by atoms with E-state index in [2.05, 4.69) is 35.8 Å². The van der Waals surface area contributed by atoms with Crippen LogP contribution in [-0.4, -0.2) is 23.6 Å². The lowest BCUT2D eigenvalue weighted by atomic mass is 9.97. The van der Waals surface area contributed by atoms with E-state index >= 15 is 0 Å². The van der Waals surface area contributed by atoms with Crippen molar-refractivity contribution >= 4 is 11.9 Å². The summed E-state index contributed by atoms with van der Waals surface area (Å²) in [5.74, 6) is -0.817. The molecule has 1 unspecified atom stereocenters. The molecule has 5 heteroatoms. The molecule has 154 valence electrons. The predicted octanol–water partition coefficient (Wildman–Crippen LogP) is 4.45. The standard InChI is InChI=1S/C25H26N2O3/c1-4-20-23(17-9-11-18(12-10-17)25(29)30-3)22(24(26)28)15(2)27(20)21-14-13-16-7-5-6-8-19(16)21/h5-12,21H,4,13-14H2,1-3H3,(H2,26,28). The summed E-state index contributed by atoms with van der Waals surface area (Å²) in [6.07, 6.45) is 2.79. The number of fused-ring (bicyclic) bond motifs is 1. The van der Waals surface area contributed by atoms with Crippen molar-refractivity contribution in [1.82, 2.24) is 4.57 Å². The zero-order valence-corrected chi connectivity index (χ0v) is 17.6. The summed E-state index contributed by atoms with van der Waals surface area (Å²) in [6.45, 7) is 4.08. The molecule has 0 saturated carbocycles. The van der Waals surface area contributed by atoms with Crippen molar-refractivity contribution in [2.75, 3.05) is 7.11 Å². The number of methoxy groups -OCH3 is 1. The van der Waals surface area contributed by atoms with Gasteiger partial charge in [0, 0.05) is 17.0 Å². The number of amides is 1. The summed E-state index contributed by atoms with van der Waals surface area (Å²) in [4.78, 5) is 24.3. The lowest BCUT2D eigenvalue weighted by Gasteiger charge is -2.20. The van der Waals surface area contributed by atoms with Crippen LogP contribution in [0.25, 0.3) is 11.1 Å². The van der Waals surface area contributed by atoms with E-state index in [1.54, 1.807) is 12.1 Å². The highest BCUT2D eigenvalue weighted by Crippen LogP contribution is 2.41. The van der Waals surface area contributed by atoms with Gasteiger partial charge < -0.3 is 15.0 Å². The number of hydrogen-bond acceptors (Lipinski definition) is 3. The first-order valence-corrected chi connectivity index (χ1v) is 10.3. The van der Waals surface area contributed by atoms with Crippen LogP contribution >= 0.6 is 0 Å². The van der Waals surface area contributed by atoms with Crippen molar-refractivity contribution in [3.63, 3.8) is 0 Å². The van der Waals surface area contributed by atoms with Crippen LogP contribution in [0.3, 0.4) is 0 Å². The molecule has 0 aliphatic heterocycles. The molecular formula is C25H26N2O3. The molecule has 3 aromatic rings. The summed E-state index contributed by atoms with van der Waals surface area (Å²) in [7, 11) is 1.36. The van der Waals surface area contributed by atoms with Crippen LogP contribution in [0.4, 0.5) is 0 Å². The molecule has 1 heterocycles. The van der Waals surface area contributed by atoms with E-state index in [1.165, 1.54) is 18.2 Å². The van der Waals surface area contributed by atoms with Crippen LogP contribution in [0, 0.1) is 6.92 Å². The fourth-order valence-corrected chi connectivity index (χ4v) is 4.84. The van der Waals surface area contributed by atoms with Gasteiger partial charge in [0.15, 0.2) is 0 Å². The SMILES string of the molecule is CCc1c(-c2ccc(C(=O)OC)cc2)c(C(N)=O)c(C)n1C1CCc2ccccc21. The van der Waals surface area contributed by atoms with Crippen LogP contribution < -0.4 is 5.73 Å². The van der Waals surface area contributed by atoms with Gasteiger partial charge in [0.05, 0.1) is 24.3 Å². The van der Waals surface area contributed by atoms with Crippen molar-refractivity contribution < 1.29 is 14.3 Å². The van der Waals surface area contributed by atoms with E-state index < -0.39 is 5.91 Å². The molecule has 0 spiro atoms. The third kappa shape index (κ3) is 3.11. The summed E-state index contributed by atoms with van der Waals surface area (Å²) in [5.41, 5.74) is 13.3. The fraction of sp³-hybridized carbons (Fsp3) is 0.280. The Balaban J connectivity index is 1.91. The Morgan fingerprint density at radius 2 is 1.83 bits per heavy atom. The first-order valence-electron chi connectivity index (χ1n) is 10.3. The summed E-state index contributed by atoms with van der Waals surface area (Å²) < 4.78 is 7.10. The average Bonchev–Trinajstić information content (AvgIpc) is 3.31. The number of esters is 1. The number of benzene rings is 2. The van der Waals surface area contributed by atoms with Gasteiger partial charge in [-0.15, -0.1) is 0 Å². The molecular weight excluding hydrogens is 376 g/mol. The van der Waals surface area contributed by atoms with Crippen LogP contribution in [0.2, 0.25) is 0 Å². The number of primary amides is 1. The Bertz CT molecular complexity index is 1130. The maximum absolute atomic E-state index is 12.5. The molecule has 1 amide bonds. The lowest BCUT2D eigenvalue weighted by Crippen LogP contribution is -2.15. The van der Waals surface area contributed by atoms with E-state index in [0.29, 0.717) is 11.1 Å². The highest BCUT2D eigenvalue weighted by atomic mass is 16.5. The largest absolute Gasteiger partial charge is 0.465 e. The third-order valence-corrected chi connectivity index (χ3v) is 6.14. The predicted molar refractivity (Wildman–Crippen MR) is 117 cm³/mol. The van der Waals surface area contributed by atoms with E-state index in [9.17, 15) is 9.59 Å². The number of aromatic nitrogens is 1. The fourth-order valence-electron chi connectivity index (χ4n) is 4.84. The highest BCUT2D eigenvalue weighted by molar-refractivity contribution is 6.02. The van der Waals surface area contributed by atoms with E-state index in [-0.39, 0.29) is 12.0 Å². The molecule has 0 saturated heterocycles. The van der Waals surface area contributed by atoms with Gasteiger partial charge >= 0.3 is 5.97 Å². The number of nitrogens with zero attached hydrogens (tertiary/aromatic N) is 1. The molecule has 2 N–H and O–H groups in total. The minimum atomic E-state index is -0.431. The zero-order chi connectivity index (χ0) is 21.4. The number of ether oxygens (including phenoxy) is 1. The number of aryl methyl sites for hydroxylation is 1. The second kappa shape index (κ2) is 7.82. The minimum Gasteiger partial charge on any atom is -0.465 e. The molecule has 1 atom stereocenters. The van der Waals surface area contributed by atoms with Gasteiger partial charge in [0.1, 0.15) is 0 Å². The van der Waals surface area contributed by atoms with Crippen molar-refractivity contribution in [2.24, 2.45) is 5.73 Å². The van der Waals surface area contributed by atoms with Crippen molar-refractivity contribution in [2.45, 2.75) is 39.2 Å². The van der Waals surface area contributed by atoms with Gasteiger partial charge in [-0.2, -0.15) is 0 Å². The van der Waals surface area contributed by atoms with Crippen LogP contribution in [0.5, 0.6) is 0 Å². The minimum absolute atomic E-state index is 0.192. The average molecular weight is 402 g/mol. The highest BCUT2D eigenvalue weighted by Gasteiger charge is 2.31. The van der Waals surface area contributed by atoms with Gasteiger partial charge in [-0.05, 0) is 55.0 Å². The Morgan fingerprint density at radius 1 is 1.13 bits per heavy atom. The van der Waals surface area contributed by atoms with E-state index in [4.69, 9.17) is 10.5 Å². The lowest BCUT2D eigenvalue weighted by molar-refractivity contribution is 0.0600. The third-order valence-electron chi connectivity index (χ3n) is 6.14. The molecule has 5 nitrogen and oxygen atoms in total. The van der Waals surface area contributed by atoms with E-state index in [0.717, 1.165) is 41.8 Å². The molecule has 0 radical (unpaired) electrons. The number of carbonyl (C=O) groups is 2. The number of hydrogen-bond donors (Lipinski definition) is 1. The van der Waals surface area contributed by atoms with Gasteiger partial charge in [0.25, 0.3) is 5.91 Å². The number of nitrogens with two attached hydrogens (primary N) is 1. The van der Waals surface area contributed by atoms with Crippen LogP contribution in [0.1, 0.15) is 62.6 Å². The molecule has 1 aliphatic carbocycles. The first kappa shape index (κ1) is 20.0. The maximum atomic E-state index is 12.5. The van der Waals surface area contributed by atoms with Crippen molar-refractivity contribution in [1.29, 1.82) is 0 Å². The molecule has 0 bridgehead atoms. The van der Waals surface area contributed by atoms with Gasteiger partial charge in [-0.1, -0.05) is 43.3 Å². The monoisotopic (exact) mass is 402 g/mol. The quantitative estimate of drug-likeness (QED) is 0.641. The zero-order valence-electron chi connectivity index (χ0n) is 17.6. The Hall–Kier alpha value is -3.34. The topological polar surface area (TPSA) is 74.3 Å². The Labute approximate surface area is 176 Å². The molecule has 1 aromatic heterocycles. The Morgan fingerprint density at radius 3 is 2.47 bits per heavy atom. The van der Waals surface area contributed by atoms with Gasteiger partial charge in [-0.3, -0.25) is 4.79 Å². The normalized spacial score (nSPS) is 15.1. The molecule has 30 heavy (non-hydrogen) atoms. The number of carbonyl (C=O) groups excluding carboxylic acids is 2. The second-order valence-electron chi connectivity index (χ2n) is 7.69. The maximum Gasteiger partial charge on any atom is 0.337 e. The molecule has 1 aliphatic rings. The molecule has 4 rings (SSSR count). The summed E-state index contributed by atoms with van der Waals surface area (Å²) >= 11 is 0. The molecule has 0 fully saturated rings. The van der Waals surface area contributed by atoms with Crippen LogP contribution in [0.15, 0.2) is 48.5 Å². The smallest absolute Gasteiger partial charge is 0.337 e. The summed E-state index contributed by atoms with van der Waals surface area (Å²) in [6, 6.07) is 15.9. The summed E-state index contributed by atoms with van der Waals surface area (Å²) in [5, 5.41) is 0. The second-order valence-corrected chi connectivity index (χ2v) is 7.69. The van der Waals surface area contributed by atoms with Crippen LogP contribution in [-0.2, 0) is 17.6 Å². The molecule has 2 aromatic carbocycles. The first-order chi connectivity index (χ1) is 14.5. The van der Waals surface area contributed by atoms with Crippen molar-refractivity contribution in [3.05, 3.63) is 82.2 Å². The van der Waals surface area contributed by atoms with Crippen molar-refractivity contribution in [3.8, 4) is 11.1 Å². The van der Waals surface area contributed by atoms with Gasteiger partial charge in [-0.25, -0.2) is 4.79 Å².